The van der Waals surface area contributed by atoms with Gasteiger partial charge < -0.3 is 29.8 Å². The van der Waals surface area contributed by atoms with Crippen LogP contribution in [-0.2, 0) is 6.42 Å². The van der Waals surface area contributed by atoms with Crippen LogP contribution in [0.15, 0.2) is 72.9 Å². The van der Waals surface area contributed by atoms with Gasteiger partial charge in [-0.2, -0.15) is 17.6 Å². The Morgan fingerprint density at radius 2 is 1.74 bits per heavy atom. The van der Waals surface area contributed by atoms with Gasteiger partial charge in [0.2, 0.25) is 0 Å². The van der Waals surface area contributed by atoms with E-state index >= 15 is 0 Å². The second-order valence-corrected chi connectivity index (χ2v) is 7.13. The number of rotatable bonds is 10. The van der Waals surface area contributed by atoms with E-state index in [2.05, 4.69) is 9.72 Å². The molecule has 7 nitrogen and oxygen atoms in total. The number of aliphatic hydroxyl groups excluding tert-OH is 1. The zero-order valence-electron chi connectivity index (χ0n) is 17.4. The zero-order valence-corrected chi connectivity index (χ0v) is 17.4. The Balaban J connectivity index is 1.74. The van der Waals surface area contributed by atoms with Crippen molar-refractivity contribution in [3.63, 3.8) is 0 Å². The molecule has 180 valence electrons. The number of ether oxygens (including phenoxy) is 2. The average Bonchev–Trinajstić information content (AvgIpc) is 2.79. The normalized spacial score (nSPS) is 13.2. The van der Waals surface area contributed by atoms with Crippen LogP contribution in [0, 0.1) is 0 Å². The van der Waals surface area contributed by atoms with Gasteiger partial charge in [0.15, 0.2) is 0 Å². The SMILES string of the molecule is O=C([O-])NC(Cc1cccc(OC(F)(F)C(F)F)c1)C(O)c1ccc(Oc2ccccc2)cn1. The van der Waals surface area contributed by atoms with Crippen molar-refractivity contribution in [3.8, 4) is 17.2 Å². The van der Waals surface area contributed by atoms with Crippen molar-refractivity contribution >= 4 is 6.09 Å². The summed E-state index contributed by atoms with van der Waals surface area (Å²) in [7, 11) is 0. The molecule has 2 atom stereocenters. The number of hydrogen-bond acceptors (Lipinski definition) is 6. The number of carboxylic acid groups (broad SMARTS) is 1. The molecule has 0 saturated carbocycles. The Bertz CT molecular complexity index is 1080. The Hall–Kier alpha value is -3.86. The Labute approximate surface area is 191 Å². The summed E-state index contributed by atoms with van der Waals surface area (Å²) in [5.41, 5.74) is 0.320. The number of hydrogen-bond donors (Lipinski definition) is 2. The Morgan fingerprint density at radius 3 is 2.35 bits per heavy atom. The van der Waals surface area contributed by atoms with E-state index in [0.29, 0.717) is 11.5 Å². The summed E-state index contributed by atoms with van der Waals surface area (Å²) >= 11 is 0. The van der Waals surface area contributed by atoms with Crippen LogP contribution in [0.3, 0.4) is 0 Å². The first kappa shape index (κ1) is 24.8. The minimum atomic E-state index is -4.70. The van der Waals surface area contributed by atoms with E-state index < -0.39 is 36.5 Å². The van der Waals surface area contributed by atoms with Crippen LogP contribution < -0.4 is 19.9 Å². The predicted octanol–water partition coefficient (Wildman–Crippen LogP) is 3.69. The fraction of sp³-hybridized carbons (Fsp3) is 0.217. The van der Waals surface area contributed by atoms with Gasteiger partial charge in [0, 0.05) is 0 Å². The minimum absolute atomic E-state index is 0.0933. The maximum atomic E-state index is 13.2. The van der Waals surface area contributed by atoms with Crippen molar-refractivity contribution in [1.82, 2.24) is 10.3 Å². The van der Waals surface area contributed by atoms with Crippen LogP contribution in [0.4, 0.5) is 22.4 Å². The molecule has 2 N–H and O–H groups in total. The molecule has 0 aliphatic carbocycles. The molecule has 0 aliphatic heterocycles. The first-order chi connectivity index (χ1) is 16.1. The number of benzene rings is 2. The summed E-state index contributed by atoms with van der Waals surface area (Å²) < 4.78 is 60.8. The third-order valence-electron chi connectivity index (χ3n) is 4.59. The number of nitrogens with one attached hydrogen (secondary N) is 1. The van der Waals surface area contributed by atoms with E-state index in [1.54, 1.807) is 24.3 Å². The molecule has 2 unspecified atom stereocenters. The smallest absolute Gasteiger partial charge is 0.461 e. The molecular weight excluding hydrogens is 460 g/mol. The minimum Gasteiger partial charge on any atom is -0.530 e. The number of aromatic nitrogens is 1. The van der Waals surface area contributed by atoms with Gasteiger partial charge in [0.25, 0.3) is 0 Å². The predicted molar refractivity (Wildman–Crippen MR) is 110 cm³/mol. The van der Waals surface area contributed by atoms with Crippen molar-refractivity contribution < 1.29 is 42.0 Å². The fourth-order valence-corrected chi connectivity index (χ4v) is 3.04. The topological polar surface area (TPSA) is 104 Å². The number of aliphatic hydroxyl groups is 1. The number of amides is 1. The van der Waals surface area contributed by atoms with Gasteiger partial charge in [-0.15, -0.1) is 0 Å². The lowest BCUT2D eigenvalue weighted by molar-refractivity contribution is -0.253. The van der Waals surface area contributed by atoms with E-state index in [9.17, 15) is 32.6 Å². The number of halogens is 4. The van der Waals surface area contributed by atoms with Gasteiger partial charge in [-0.3, -0.25) is 4.98 Å². The highest BCUT2D eigenvalue weighted by Gasteiger charge is 2.44. The van der Waals surface area contributed by atoms with Crippen molar-refractivity contribution in [2.45, 2.75) is 31.1 Å². The van der Waals surface area contributed by atoms with Gasteiger partial charge in [-0.25, -0.2) is 0 Å². The van der Waals surface area contributed by atoms with Crippen molar-refractivity contribution in [3.05, 3.63) is 84.2 Å². The lowest BCUT2D eigenvalue weighted by Gasteiger charge is -2.25. The fourth-order valence-electron chi connectivity index (χ4n) is 3.04. The Morgan fingerprint density at radius 1 is 1.03 bits per heavy atom. The van der Waals surface area contributed by atoms with Crippen molar-refractivity contribution in [2.75, 3.05) is 0 Å². The van der Waals surface area contributed by atoms with Crippen molar-refractivity contribution in [2.24, 2.45) is 0 Å². The van der Waals surface area contributed by atoms with Crippen molar-refractivity contribution in [1.29, 1.82) is 0 Å². The Kier molecular flexibility index (Phi) is 7.90. The largest absolute Gasteiger partial charge is 0.530 e. The number of carbonyl (C=O) groups excluding carboxylic acids is 1. The van der Waals surface area contributed by atoms with Gasteiger partial charge in [-0.1, -0.05) is 30.3 Å². The summed E-state index contributed by atoms with van der Waals surface area (Å²) in [5.74, 6) is 0.384. The molecule has 2 aromatic carbocycles. The highest BCUT2D eigenvalue weighted by atomic mass is 19.3. The second-order valence-electron chi connectivity index (χ2n) is 7.13. The number of pyridine rings is 1. The first-order valence-corrected chi connectivity index (χ1v) is 9.92. The summed E-state index contributed by atoms with van der Waals surface area (Å²) in [4.78, 5) is 15.2. The molecule has 1 amide bonds. The van der Waals surface area contributed by atoms with Crippen LogP contribution >= 0.6 is 0 Å². The van der Waals surface area contributed by atoms with E-state index in [0.717, 1.165) is 12.1 Å². The monoisotopic (exact) mass is 479 g/mol. The van der Waals surface area contributed by atoms with Crippen LogP contribution in [0.2, 0.25) is 0 Å². The molecule has 1 aromatic heterocycles. The van der Waals surface area contributed by atoms with Crippen LogP contribution in [-0.4, -0.2) is 34.8 Å². The van der Waals surface area contributed by atoms with E-state index in [1.807, 2.05) is 11.4 Å². The molecule has 0 bridgehead atoms. The quantitative estimate of drug-likeness (QED) is 0.430. The molecule has 34 heavy (non-hydrogen) atoms. The molecule has 0 fully saturated rings. The van der Waals surface area contributed by atoms with Gasteiger partial charge >= 0.3 is 12.5 Å². The number of carbonyl (C=O) groups is 1. The van der Waals surface area contributed by atoms with Crippen LogP contribution in [0.25, 0.3) is 0 Å². The van der Waals surface area contributed by atoms with E-state index in [1.165, 1.54) is 30.5 Å². The molecule has 0 saturated heterocycles. The molecule has 3 rings (SSSR count). The van der Waals surface area contributed by atoms with Crippen LogP contribution in [0.1, 0.15) is 17.4 Å². The molecule has 0 radical (unpaired) electrons. The molecular formula is C23H19F4N2O5-. The molecule has 0 aliphatic rings. The van der Waals surface area contributed by atoms with E-state index in [4.69, 9.17) is 4.74 Å². The van der Waals surface area contributed by atoms with Gasteiger partial charge in [0.05, 0.1) is 17.9 Å². The average molecular weight is 479 g/mol. The lowest BCUT2D eigenvalue weighted by atomic mass is 9.98. The number of alkyl halides is 4. The molecule has 1 heterocycles. The summed E-state index contributed by atoms with van der Waals surface area (Å²) in [5, 5.41) is 23.9. The maximum absolute atomic E-state index is 13.2. The standard InChI is InChI=1S/C23H20F4N2O5/c24-21(25)23(26,27)34-16-8-4-5-14(11-16)12-19(29-22(31)32)20(30)18-10-9-17(13-28-18)33-15-6-2-1-3-7-15/h1-11,13,19-21,29-30H,12H2,(H,31,32)/p-1. The highest BCUT2D eigenvalue weighted by Crippen LogP contribution is 2.29. The zero-order chi connectivity index (χ0) is 24.7. The summed E-state index contributed by atoms with van der Waals surface area (Å²) in [6, 6.07) is 15.4. The maximum Gasteiger partial charge on any atom is 0.461 e. The molecule has 11 heteroatoms. The third kappa shape index (κ3) is 6.82. The summed E-state index contributed by atoms with van der Waals surface area (Å²) in [6.07, 6.45) is -10.8. The summed E-state index contributed by atoms with van der Waals surface area (Å²) in [6.45, 7) is 0. The van der Waals surface area contributed by atoms with Crippen LogP contribution in [0.5, 0.6) is 17.2 Å². The number of nitrogens with zero attached hydrogens (tertiary/aromatic N) is 1. The first-order valence-electron chi connectivity index (χ1n) is 9.92. The highest BCUT2D eigenvalue weighted by molar-refractivity contribution is 5.62. The van der Waals surface area contributed by atoms with Gasteiger partial charge in [-0.05, 0) is 48.4 Å². The number of para-hydroxylation sites is 1. The second kappa shape index (κ2) is 10.8. The van der Waals surface area contributed by atoms with Gasteiger partial charge in [0.1, 0.15) is 29.4 Å². The lowest BCUT2D eigenvalue weighted by Crippen LogP contribution is -2.47. The molecule has 3 aromatic rings. The molecule has 0 spiro atoms. The van der Waals surface area contributed by atoms with E-state index in [-0.39, 0.29) is 17.7 Å². The third-order valence-corrected chi connectivity index (χ3v) is 4.59.